The van der Waals surface area contributed by atoms with Gasteiger partial charge in [0.05, 0.1) is 17.5 Å². The number of para-hydroxylation sites is 1. The lowest BCUT2D eigenvalue weighted by Gasteiger charge is -2.19. The third-order valence-electron chi connectivity index (χ3n) is 5.46. The Bertz CT molecular complexity index is 1020. The van der Waals surface area contributed by atoms with Crippen molar-refractivity contribution in [2.75, 3.05) is 26.2 Å². The van der Waals surface area contributed by atoms with Crippen molar-refractivity contribution in [1.82, 2.24) is 25.0 Å². The van der Waals surface area contributed by atoms with E-state index in [4.69, 9.17) is 4.74 Å². The topological polar surface area (TPSA) is 72.3 Å². The first-order chi connectivity index (χ1) is 14.9. The summed E-state index contributed by atoms with van der Waals surface area (Å²) >= 11 is 0. The Morgan fingerprint density at radius 1 is 1.23 bits per heavy atom. The summed E-state index contributed by atoms with van der Waals surface area (Å²) in [5.74, 6) is 0.653. The van der Waals surface area contributed by atoms with E-state index in [1.165, 1.54) is 0 Å². The van der Waals surface area contributed by atoms with Crippen LogP contribution < -0.4 is 10.1 Å². The minimum Gasteiger partial charge on any atom is -0.492 e. The maximum Gasteiger partial charge on any atom is 0.253 e. The largest absolute Gasteiger partial charge is 0.492 e. The van der Waals surface area contributed by atoms with E-state index in [1.807, 2.05) is 41.9 Å². The number of amides is 1. The number of hydrogen-bond donors (Lipinski definition) is 1. The second-order valence-corrected chi connectivity index (χ2v) is 7.88. The molecule has 0 aliphatic carbocycles. The Morgan fingerprint density at radius 2 is 1.97 bits per heavy atom. The fourth-order valence-electron chi connectivity index (χ4n) is 3.56. The highest BCUT2D eigenvalue weighted by Gasteiger charge is 2.16. The van der Waals surface area contributed by atoms with E-state index in [0.717, 1.165) is 42.0 Å². The Balaban J connectivity index is 1.68. The van der Waals surface area contributed by atoms with Gasteiger partial charge in [0.15, 0.2) is 5.65 Å². The molecule has 0 saturated heterocycles. The van der Waals surface area contributed by atoms with E-state index < -0.39 is 0 Å². The van der Waals surface area contributed by atoms with Crippen LogP contribution >= 0.6 is 0 Å². The predicted molar refractivity (Wildman–Crippen MR) is 124 cm³/mol. The molecule has 0 spiro atoms. The molecule has 1 amide bonds. The van der Waals surface area contributed by atoms with Crippen molar-refractivity contribution in [3.05, 3.63) is 53.3 Å². The lowest BCUT2D eigenvalue weighted by atomic mass is 10.1. The summed E-state index contributed by atoms with van der Waals surface area (Å²) in [5, 5.41) is 8.28. The summed E-state index contributed by atoms with van der Waals surface area (Å²) in [6, 6.07) is 9.91. The Hall–Kier alpha value is -2.93. The van der Waals surface area contributed by atoms with Crippen LogP contribution in [0.5, 0.6) is 5.75 Å². The number of nitrogens with one attached hydrogen (secondary N) is 1. The average Bonchev–Trinajstić information content (AvgIpc) is 3.18. The molecule has 0 bridgehead atoms. The molecule has 1 N–H and O–H groups in total. The van der Waals surface area contributed by atoms with Crippen LogP contribution in [0.2, 0.25) is 0 Å². The molecule has 2 heterocycles. The first kappa shape index (κ1) is 22.7. The molecule has 0 unspecified atom stereocenters. The minimum absolute atomic E-state index is 0.151. The molecule has 2 aromatic heterocycles. The highest BCUT2D eigenvalue weighted by molar-refractivity contribution is 5.98. The second kappa shape index (κ2) is 10.4. The quantitative estimate of drug-likeness (QED) is 0.534. The number of benzene rings is 1. The van der Waals surface area contributed by atoms with Crippen LogP contribution in [-0.4, -0.2) is 51.8 Å². The van der Waals surface area contributed by atoms with Crippen molar-refractivity contribution in [2.45, 2.75) is 47.2 Å². The molecule has 166 valence electrons. The average molecular weight is 424 g/mol. The zero-order chi connectivity index (χ0) is 22.4. The van der Waals surface area contributed by atoms with Crippen molar-refractivity contribution in [1.29, 1.82) is 0 Å². The van der Waals surface area contributed by atoms with Crippen LogP contribution in [0.4, 0.5) is 0 Å². The van der Waals surface area contributed by atoms with Crippen LogP contribution in [-0.2, 0) is 6.54 Å². The van der Waals surface area contributed by atoms with Crippen molar-refractivity contribution in [3.63, 3.8) is 0 Å². The summed E-state index contributed by atoms with van der Waals surface area (Å²) in [7, 11) is 0. The van der Waals surface area contributed by atoms with Gasteiger partial charge < -0.3 is 15.0 Å². The first-order valence-corrected chi connectivity index (χ1v) is 11.0. The molecule has 0 radical (unpaired) electrons. The number of carbonyl (C=O) groups excluding carboxylic acids is 1. The molecule has 0 saturated carbocycles. The van der Waals surface area contributed by atoms with Gasteiger partial charge in [0.25, 0.3) is 5.91 Å². The monoisotopic (exact) mass is 423 g/mol. The molecule has 7 heteroatoms. The normalized spacial score (nSPS) is 11.5. The Labute approximate surface area is 184 Å². The molecule has 1 aromatic carbocycles. The van der Waals surface area contributed by atoms with Crippen LogP contribution in [0.25, 0.3) is 11.0 Å². The van der Waals surface area contributed by atoms with Crippen molar-refractivity contribution < 1.29 is 9.53 Å². The summed E-state index contributed by atoms with van der Waals surface area (Å²) in [6.45, 7) is 14.2. The van der Waals surface area contributed by atoms with Gasteiger partial charge in [0, 0.05) is 30.1 Å². The molecule has 3 aromatic rings. The van der Waals surface area contributed by atoms with E-state index in [-0.39, 0.29) is 11.9 Å². The SMILES string of the molecule is CCN(CC)CCOc1ccccc1CNC(=O)c1cc2cnn(C(C)C)c2nc1C. The van der Waals surface area contributed by atoms with Crippen molar-refractivity contribution in [3.8, 4) is 5.75 Å². The maximum absolute atomic E-state index is 12.9. The molecule has 31 heavy (non-hydrogen) atoms. The van der Waals surface area contributed by atoms with Gasteiger partial charge in [-0.3, -0.25) is 4.79 Å². The lowest BCUT2D eigenvalue weighted by Crippen LogP contribution is -2.28. The fourth-order valence-corrected chi connectivity index (χ4v) is 3.56. The predicted octanol–water partition coefficient (Wildman–Crippen LogP) is 3.97. The third kappa shape index (κ3) is 5.41. The Morgan fingerprint density at radius 3 is 2.68 bits per heavy atom. The summed E-state index contributed by atoms with van der Waals surface area (Å²) < 4.78 is 7.87. The van der Waals surface area contributed by atoms with Gasteiger partial charge in [0.2, 0.25) is 0 Å². The molecule has 7 nitrogen and oxygen atoms in total. The standard InChI is InChI=1S/C24H33N5O2/c1-6-28(7-2)12-13-31-22-11-9-8-10-19(22)15-25-24(30)21-14-20-16-26-29(17(3)4)23(20)27-18(21)5/h8-11,14,16-17H,6-7,12-13,15H2,1-5H3,(H,25,30). The number of hydrogen-bond acceptors (Lipinski definition) is 5. The molecule has 0 fully saturated rings. The molecule has 0 aliphatic rings. The third-order valence-corrected chi connectivity index (χ3v) is 5.46. The van der Waals surface area contributed by atoms with E-state index in [9.17, 15) is 4.79 Å². The fraction of sp³-hybridized carbons (Fsp3) is 0.458. The zero-order valence-corrected chi connectivity index (χ0v) is 19.2. The number of pyridine rings is 1. The van der Waals surface area contributed by atoms with Crippen LogP contribution in [0.1, 0.15) is 55.4 Å². The number of fused-ring (bicyclic) bond motifs is 1. The Kier molecular flexibility index (Phi) is 7.63. The van der Waals surface area contributed by atoms with E-state index in [1.54, 1.807) is 6.20 Å². The van der Waals surface area contributed by atoms with Crippen molar-refractivity contribution in [2.24, 2.45) is 0 Å². The van der Waals surface area contributed by atoms with Gasteiger partial charge in [-0.2, -0.15) is 5.10 Å². The molecule has 0 aliphatic heterocycles. The maximum atomic E-state index is 12.9. The molecule has 3 rings (SSSR count). The number of aryl methyl sites for hydroxylation is 1. The minimum atomic E-state index is -0.151. The number of ether oxygens (including phenoxy) is 1. The molecular formula is C24H33N5O2. The lowest BCUT2D eigenvalue weighted by molar-refractivity contribution is 0.0949. The van der Waals surface area contributed by atoms with Crippen LogP contribution in [0, 0.1) is 6.92 Å². The number of rotatable bonds is 10. The molecular weight excluding hydrogens is 390 g/mol. The number of likely N-dealkylation sites (N-methyl/N-ethyl adjacent to an activating group) is 1. The number of carbonyl (C=O) groups is 1. The second-order valence-electron chi connectivity index (χ2n) is 7.88. The summed E-state index contributed by atoms with van der Waals surface area (Å²) in [6.07, 6.45) is 1.76. The number of nitrogens with zero attached hydrogens (tertiary/aromatic N) is 4. The van der Waals surface area contributed by atoms with Gasteiger partial charge >= 0.3 is 0 Å². The summed E-state index contributed by atoms with van der Waals surface area (Å²) in [5.41, 5.74) is 3.01. The summed E-state index contributed by atoms with van der Waals surface area (Å²) in [4.78, 5) is 19.8. The highest BCUT2D eigenvalue weighted by Crippen LogP contribution is 2.21. The van der Waals surface area contributed by atoms with Gasteiger partial charge in [-0.15, -0.1) is 0 Å². The van der Waals surface area contributed by atoms with Crippen molar-refractivity contribution >= 4 is 16.9 Å². The zero-order valence-electron chi connectivity index (χ0n) is 19.2. The van der Waals surface area contributed by atoms with Crippen LogP contribution in [0.3, 0.4) is 0 Å². The van der Waals surface area contributed by atoms with Gasteiger partial charge in [-0.25, -0.2) is 9.67 Å². The highest BCUT2D eigenvalue weighted by atomic mass is 16.5. The van der Waals surface area contributed by atoms with E-state index in [2.05, 4.69) is 48.0 Å². The smallest absolute Gasteiger partial charge is 0.253 e. The van der Waals surface area contributed by atoms with Crippen LogP contribution in [0.15, 0.2) is 36.5 Å². The van der Waals surface area contributed by atoms with E-state index >= 15 is 0 Å². The molecule has 0 atom stereocenters. The van der Waals surface area contributed by atoms with E-state index in [0.29, 0.717) is 24.4 Å². The van der Waals surface area contributed by atoms with Gasteiger partial charge in [-0.05, 0) is 46.0 Å². The van der Waals surface area contributed by atoms with Gasteiger partial charge in [-0.1, -0.05) is 32.0 Å². The van der Waals surface area contributed by atoms with Gasteiger partial charge in [0.1, 0.15) is 12.4 Å². The number of aromatic nitrogens is 3. The first-order valence-electron chi connectivity index (χ1n) is 11.0.